The van der Waals surface area contributed by atoms with Crippen molar-refractivity contribution in [1.82, 2.24) is 0 Å². The van der Waals surface area contributed by atoms with Gasteiger partial charge in [0.15, 0.2) is 25.2 Å². The van der Waals surface area contributed by atoms with Crippen LogP contribution in [-0.2, 0) is 42.6 Å². The number of rotatable bonds is 14. The molecule has 0 spiro atoms. The fourth-order valence-electron chi connectivity index (χ4n) is 6.88. The molecule has 0 unspecified atom stereocenters. The average molecular weight is 829 g/mol. The van der Waals surface area contributed by atoms with Crippen LogP contribution in [0.3, 0.4) is 0 Å². The summed E-state index contributed by atoms with van der Waals surface area (Å²) in [5.41, 5.74) is 0. The summed E-state index contributed by atoms with van der Waals surface area (Å²) in [7, 11) is 0. The smallest absolute Gasteiger partial charge is 0.224 e. The van der Waals surface area contributed by atoms with Crippen molar-refractivity contribution in [3.63, 3.8) is 0 Å². The lowest BCUT2D eigenvalue weighted by Crippen LogP contribution is -2.65. The van der Waals surface area contributed by atoms with E-state index in [0.29, 0.717) is 0 Å². The van der Waals surface area contributed by atoms with Crippen molar-refractivity contribution >= 4 is 0 Å². The largest absolute Gasteiger partial charge is 0.394 e. The second kappa shape index (κ2) is 19.1. The third-order valence-corrected chi connectivity index (χ3v) is 10.4. The van der Waals surface area contributed by atoms with E-state index in [-0.39, 0.29) is 0 Å². The van der Waals surface area contributed by atoms with Crippen LogP contribution >= 0.6 is 0 Å². The molecule has 5 saturated heterocycles. The van der Waals surface area contributed by atoms with Crippen LogP contribution in [0.4, 0.5) is 0 Å². The van der Waals surface area contributed by atoms with E-state index in [1.54, 1.807) is 0 Å². The summed E-state index contributed by atoms with van der Waals surface area (Å²) in [6.45, 7) is -5.23. The van der Waals surface area contributed by atoms with Crippen LogP contribution in [-0.4, -0.2) is 273 Å². The Kier molecular flexibility index (Phi) is 15.7. The van der Waals surface area contributed by atoms with Gasteiger partial charge in [-0.3, -0.25) is 0 Å². The molecule has 17 N–H and O–H groups in total. The molecule has 0 aromatic rings. The lowest BCUT2D eigenvalue weighted by atomic mass is 9.96. The quantitative estimate of drug-likeness (QED) is 0.0773. The highest BCUT2D eigenvalue weighted by Crippen LogP contribution is 2.37. The zero-order valence-corrected chi connectivity index (χ0v) is 29.3. The summed E-state index contributed by atoms with van der Waals surface area (Å²) < 4.78 is 49.0. The highest BCUT2D eigenvalue weighted by molar-refractivity contribution is 4.99. The maximum atomic E-state index is 11.0. The highest BCUT2D eigenvalue weighted by atomic mass is 16.8. The summed E-state index contributed by atoms with van der Waals surface area (Å²) in [5, 5.41) is 175. The first kappa shape index (κ1) is 46.0. The number of ether oxygens (including phenoxy) is 9. The van der Waals surface area contributed by atoms with E-state index in [1.807, 2.05) is 0 Å². The van der Waals surface area contributed by atoms with Crippen molar-refractivity contribution in [3.05, 3.63) is 0 Å². The molecule has 0 aromatic heterocycles. The Morgan fingerprint density at radius 2 is 0.804 bits per heavy atom. The molecule has 24 atom stereocenters. The van der Waals surface area contributed by atoms with Crippen LogP contribution in [0.1, 0.15) is 0 Å². The third kappa shape index (κ3) is 9.01. The van der Waals surface area contributed by atoms with Crippen molar-refractivity contribution in [2.45, 2.75) is 147 Å². The molecule has 5 fully saturated rings. The van der Waals surface area contributed by atoms with Gasteiger partial charge in [0, 0.05) is 0 Å². The lowest BCUT2D eigenvalue weighted by molar-refractivity contribution is -0.388. The van der Waals surface area contributed by atoms with Crippen molar-refractivity contribution < 1.29 is 129 Å². The minimum Gasteiger partial charge on any atom is -0.394 e. The van der Waals surface area contributed by atoms with Crippen LogP contribution in [0.2, 0.25) is 0 Å². The van der Waals surface area contributed by atoms with Gasteiger partial charge in [0.2, 0.25) is 5.79 Å². The minimum atomic E-state index is -2.47. The molecule has 0 radical (unpaired) electrons. The Labute approximate surface area is 316 Å². The standard InChI is InChI=1S/C30H52O26/c31-1-7-12(35)17(40)21(44)28(51-7)54-24-15(38)8(2-32)50-27(23(24)46)49-4-10-13(36)18(41)20(43)26(52-10)48-5-11-14(37)19(42)22(45)29(53-11)56-30(6-34)25(47)16(39)9(3-33)55-30/h7-29,31-47H,1-6H2/t7-,8-,9-,10-,11-,12+,13+,14-,15+,16-,17+,18+,19+,20-,21-,22-,23-,24+,25+,26+,27+,28-,29-,30+/m1/s1. The minimum absolute atomic E-state index is 0.775. The van der Waals surface area contributed by atoms with Gasteiger partial charge in [-0.15, -0.1) is 0 Å². The topological polar surface area (TPSA) is 427 Å². The van der Waals surface area contributed by atoms with Crippen LogP contribution in [0.25, 0.3) is 0 Å². The number of aliphatic hydroxyl groups is 17. The van der Waals surface area contributed by atoms with E-state index < -0.39 is 187 Å². The van der Waals surface area contributed by atoms with E-state index in [9.17, 15) is 86.8 Å². The Morgan fingerprint density at radius 1 is 0.393 bits per heavy atom. The van der Waals surface area contributed by atoms with E-state index in [1.165, 1.54) is 0 Å². The van der Waals surface area contributed by atoms with Gasteiger partial charge < -0.3 is 129 Å². The molecule has 26 nitrogen and oxygen atoms in total. The Bertz CT molecular complexity index is 1220. The number of hydrogen-bond acceptors (Lipinski definition) is 26. The van der Waals surface area contributed by atoms with Gasteiger partial charge >= 0.3 is 0 Å². The molecule has 56 heavy (non-hydrogen) atoms. The molecule has 0 bridgehead atoms. The summed E-state index contributed by atoms with van der Waals surface area (Å²) in [4.78, 5) is 0. The van der Waals surface area contributed by atoms with Gasteiger partial charge in [0.05, 0.1) is 33.0 Å². The fraction of sp³-hybridized carbons (Fsp3) is 1.00. The molecule has 0 amide bonds. The van der Waals surface area contributed by atoms with Gasteiger partial charge in [-0.2, -0.15) is 0 Å². The van der Waals surface area contributed by atoms with Crippen LogP contribution in [0, 0.1) is 0 Å². The van der Waals surface area contributed by atoms with Crippen LogP contribution in [0.15, 0.2) is 0 Å². The fourth-order valence-corrected chi connectivity index (χ4v) is 6.88. The maximum Gasteiger partial charge on any atom is 0.224 e. The van der Waals surface area contributed by atoms with E-state index in [4.69, 9.17) is 42.6 Å². The summed E-state index contributed by atoms with van der Waals surface area (Å²) in [5.74, 6) is -2.47. The molecular weight excluding hydrogens is 776 g/mol. The first-order valence-corrected chi connectivity index (χ1v) is 17.6. The van der Waals surface area contributed by atoms with Crippen LogP contribution < -0.4 is 0 Å². The Balaban J connectivity index is 1.22. The zero-order chi connectivity index (χ0) is 41.4. The predicted octanol–water partition coefficient (Wildman–Crippen LogP) is -11.9. The average Bonchev–Trinajstić information content (AvgIpc) is 3.43. The van der Waals surface area contributed by atoms with Crippen molar-refractivity contribution in [1.29, 1.82) is 0 Å². The number of hydrogen-bond donors (Lipinski definition) is 17. The Morgan fingerprint density at radius 3 is 1.30 bits per heavy atom. The Hall–Kier alpha value is -1.04. The van der Waals surface area contributed by atoms with Gasteiger partial charge in [0.25, 0.3) is 0 Å². The second-order valence-electron chi connectivity index (χ2n) is 14.1. The predicted molar refractivity (Wildman–Crippen MR) is 167 cm³/mol. The SMILES string of the molecule is OC[C@H]1O[C@H](O[C@H]2[C@@H](O)[C@@H](CO)O[C@H](OC[C@H]3O[C@H](OC[C@H]4O[C@H](O[C@]5(CO)O[C@H](CO)[C@@H](O)[C@@H]5O)[C@H](O)[C@@H](O)[C@@H]4O)[C@H](O)[C@@H](O)[C@H]3O)[C@@H]2O)[C@H](O)[C@@H](O)[C@H]1O. The van der Waals surface area contributed by atoms with Crippen molar-refractivity contribution in [3.8, 4) is 0 Å². The van der Waals surface area contributed by atoms with E-state index in [2.05, 4.69) is 0 Å². The molecule has 26 heteroatoms. The molecular formula is C30H52O26. The van der Waals surface area contributed by atoms with Gasteiger partial charge in [0.1, 0.15) is 123 Å². The molecule has 0 saturated carbocycles. The van der Waals surface area contributed by atoms with E-state index in [0.717, 1.165) is 0 Å². The highest BCUT2D eigenvalue weighted by Gasteiger charge is 2.59. The van der Waals surface area contributed by atoms with Crippen molar-refractivity contribution in [2.24, 2.45) is 0 Å². The summed E-state index contributed by atoms with van der Waals surface area (Å²) in [6.07, 6.45) is -41.8. The van der Waals surface area contributed by atoms with Gasteiger partial charge in [-0.1, -0.05) is 0 Å². The third-order valence-electron chi connectivity index (χ3n) is 10.4. The van der Waals surface area contributed by atoms with Crippen LogP contribution in [0.5, 0.6) is 0 Å². The molecule has 5 rings (SSSR count). The summed E-state index contributed by atoms with van der Waals surface area (Å²) in [6, 6.07) is 0. The maximum absolute atomic E-state index is 11.0. The molecule has 5 aliphatic rings. The summed E-state index contributed by atoms with van der Waals surface area (Å²) >= 11 is 0. The first-order valence-electron chi connectivity index (χ1n) is 17.6. The molecule has 0 aromatic carbocycles. The zero-order valence-electron chi connectivity index (χ0n) is 29.3. The molecule has 0 aliphatic carbocycles. The normalized spacial score (nSPS) is 53.0. The van der Waals surface area contributed by atoms with Crippen molar-refractivity contribution in [2.75, 3.05) is 39.6 Å². The number of aliphatic hydroxyl groups excluding tert-OH is 17. The lowest BCUT2D eigenvalue weighted by Gasteiger charge is -2.46. The molecule has 5 aliphatic heterocycles. The molecule has 328 valence electrons. The van der Waals surface area contributed by atoms with Gasteiger partial charge in [-0.05, 0) is 0 Å². The second-order valence-corrected chi connectivity index (χ2v) is 14.1. The monoisotopic (exact) mass is 828 g/mol. The van der Waals surface area contributed by atoms with E-state index >= 15 is 0 Å². The molecule has 5 heterocycles. The first-order chi connectivity index (χ1) is 26.4. The van der Waals surface area contributed by atoms with Gasteiger partial charge in [-0.25, -0.2) is 0 Å².